The van der Waals surface area contributed by atoms with E-state index in [0.29, 0.717) is 0 Å². The molecule has 0 aromatic heterocycles. The smallest absolute Gasteiger partial charge is 0.0133 e. The van der Waals surface area contributed by atoms with Crippen LogP contribution >= 0.6 is 0 Å². The highest BCUT2D eigenvalue weighted by atomic mass is 14.4. The van der Waals surface area contributed by atoms with Crippen LogP contribution in [0.1, 0.15) is 18.9 Å². The maximum atomic E-state index is 2.43. The molecule has 3 rings (SSSR count). The van der Waals surface area contributed by atoms with Crippen molar-refractivity contribution in [3.05, 3.63) is 60.2 Å². The minimum Gasteiger partial charge on any atom is -0.0806 e. The highest BCUT2D eigenvalue weighted by molar-refractivity contribution is 5.21. The molecule has 0 bridgehead atoms. The predicted molar refractivity (Wildman–Crippen MR) is 72.7 cm³/mol. The molecule has 2 aliphatic carbocycles. The lowest BCUT2D eigenvalue weighted by molar-refractivity contribution is 0.408. The van der Waals surface area contributed by atoms with E-state index in [1.165, 1.54) is 18.4 Å². The van der Waals surface area contributed by atoms with E-state index in [0.717, 1.165) is 23.7 Å². The van der Waals surface area contributed by atoms with Crippen molar-refractivity contribution in [1.82, 2.24) is 0 Å². The van der Waals surface area contributed by atoms with Gasteiger partial charge in [0.05, 0.1) is 0 Å². The Hall–Kier alpha value is -1.30. The predicted octanol–water partition coefficient (Wildman–Crippen LogP) is 4.24. The first-order chi connectivity index (χ1) is 8.34. The van der Waals surface area contributed by atoms with E-state index >= 15 is 0 Å². The zero-order chi connectivity index (χ0) is 11.7. The molecule has 1 fully saturated rings. The van der Waals surface area contributed by atoms with E-state index in [4.69, 9.17) is 0 Å². The quantitative estimate of drug-likeness (QED) is 0.704. The van der Waals surface area contributed by atoms with Crippen molar-refractivity contribution in [1.29, 1.82) is 0 Å². The summed E-state index contributed by atoms with van der Waals surface area (Å²) in [7, 11) is 0. The zero-order valence-corrected chi connectivity index (χ0v) is 10.4. The van der Waals surface area contributed by atoms with Crippen molar-refractivity contribution in [3.63, 3.8) is 0 Å². The van der Waals surface area contributed by atoms with Crippen LogP contribution in [0.25, 0.3) is 0 Å². The summed E-state index contributed by atoms with van der Waals surface area (Å²) < 4.78 is 0. The van der Waals surface area contributed by atoms with E-state index in [-0.39, 0.29) is 0 Å². The summed E-state index contributed by atoms with van der Waals surface area (Å²) in [5.41, 5.74) is 1.49. The van der Waals surface area contributed by atoms with Crippen LogP contribution in [0.15, 0.2) is 54.6 Å². The molecule has 0 aliphatic heterocycles. The van der Waals surface area contributed by atoms with Gasteiger partial charge < -0.3 is 0 Å². The van der Waals surface area contributed by atoms with Gasteiger partial charge in [0, 0.05) is 0 Å². The third-order valence-electron chi connectivity index (χ3n) is 4.44. The molecule has 0 saturated heterocycles. The molecule has 1 aromatic rings. The molecular formula is C17H20. The minimum atomic E-state index is 0.773. The number of allylic oxidation sites excluding steroid dienone is 4. The fraction of sp³-hybridized carbons (Fsp3) is 0.412. The van der Waals surface area contributed by atoms with Gasteiger partial charge >= 0.3 is 0 Å². The van der Waals surface area contributed by atoms with Gasteiger partial charge in [-0.05, 0) is 42.1 Å². The molecule has 2 aliphatic rings. The largest absolute Gasteiger partial charge is 0.0806 e. The lowest BCUT2D eigenvalue weighted by Crippen LogP contribution is -2.16. The van der Waals surface area contributed by atoms with Crippen LogP contribution in [0.5, 0.6) is 0 Å². The second kappa shape index (κ2) is 4.52. The lowest BCUT2D eigenvalue weighted by Gasteiger charge is -2.22. The molecule has 4 atom stereocenters. The van der Waals surface area contributed by atoms with Crippen molar-refractivity contribution < 1.29 is 0 Å². The van der Waals surface area contributed by atoms with Gasteiger partial charge in [0.25, 0.3) is 0 Å². The third kappa shape index (κ3) is 2.09. The van der Waals surface area contributed by atoms with Crippen LogP contribution in [0.4, 0.5) is 0 Å². The lowest BCUT2D eigenvalue weighted by atomic mass is 9.82. The van der Waals surface area contributed by atoms with E-state index in [1.807, 2.05) is 0 Å². The standard InChI is InChI=1S/C17H20/c1-13-11-15(12-14-7-3-2-4-8-14)17-10-6-5-9-16(13)17/h2-10,13,15-17H,11-12H2,1H3. The monoisotopic (exact) mass is 224 g/mol. The van der Waals surface area contributed by atoms with Gasteiger partial charge in [-0.3, -0.25) is 0 Å². The zero-order valence-electron chi connectivity index (χ0n) is 10.4. The summed E-state index contributed by atoms with van der Waals surface area (Å²) in [6.07, 6.45) is 11.9. The molecule has 1 saturated carbocycles. The maximum absolute atomic E-state index is 2.43. The summed E-state index contributed by atoms with van der Waals surface area (Å²) in [5.74, 6) is 3.23. The van der Waals surface area contributed by atoms with Crippen molar-refractivity contribution in [2.24, 2.45) is 23.7 Å². The molecule has 0 spiro atoms. The molecular weight excluding hydrogens is 204 g/mol. The molecule has 0 radical (unpaired) electrons. The van der Waals surface area contributed by atoms with Crippen molar-refractivity contribution >= 4 is 0 Å². The van der Waals surface area contributed by atoms with E-state index in [1.54, 1.807) is 0 Å². The van der Waals surface area contributed by atoms with Gasteiger partial charge in [0.1, 0.15) is 0 Å². The molecule has 0 heteroatoms. The molecule has 88 valence electrons. The molecule has 0 nitrogen and oxygen atoms in total. The Labute approximate surface area is 104 Å². The van der Waals surface area contributed by atoms with Gasteiger partial charge in [-0.2, -0.15) is 0 Å². The Bertz CT molecular complexity index is 427. The number of fused-ring (bicyclic) bond motifs is 1. The van der Waals surface area contributed by atoms with Crippen LogP contribution in [-0.4, -0.2) is 0 Å². The molecule has 0 amide bonds. The minimum absolute atomic E-state index is 0.773. The first kappa shape index (κ1) is 10.8. The topological polar surface area (TPSA) is 0 Å². The van der Waals surface area contributed by atoms with Gasteiger partial charge in [0.2, 0.25) is 0 Å². The Balaban J connectivity index is 1.77. The second-order valence-corrected chi connectivity index (χ2v) is 5.59. The van der Waals surface area contributed by atoms with Crippen LogP contribution in [0.3, 0.4) is 0 Å². The fourth-order valence-electron chi connectivity index (χ4n) is 3.61. The van der Waals surface area contributed by atoms with Crippen LogP contribution in [-0.2, 0) is 6.42 Å². The molecule has 0 heterocycles. The third-order valence-corrected chi connectivity index (χ3v) is 4.44. The van der Waals surface area contributed by atoms with Gasteiger partial charge in [0.15, 0.2) is 0 Å². The number of benzene rings is 1. The van der Waals surface area contributed by atoms with Gasteiger partial charge in [-0.1, -0.05) is 61.6 Å². The SMILES string of the molecule is CC1CC(Cc2ccccc2)C2C=CC=CC12. The first-order valence-corrected chi connectivity index (χ1v) is 6.73. The second-order valence-electron chi connectivity index (χ2n) is 5.59. The fourth-order valence-corrected chi connectivity index (χ4v) is 3.61. The molecule has 17 heavy (non-hydrogen) atoms. The van der Waals surface area contributed by atoms with Crippen LogP contribution < -0.4 is 0 Å². The number of hydrogen-bond donors (Lipinski definition) is 0. The average molecular weight is 224 g/mol. The van der Waals surface area contributed by atoms with Crippen molar-refractivity contribution in [2.45, 2.75) is 19.8 Å². The van der Waals surface area contributed by atoms with E-state index in [2.05, 4.69) is 61.6 Å². The molecule has 1 aromatic carbocycles. The van der Waals surface area contributed by atoms with E-state index in [9.17, 15) is 0 Å². The Morgan fingerprint density at radius 2 is 1.71 bits per heavy atom. The van der Waals surface area contributed by atoms with Crippen molar-refractivity contribution in [2.75, 3.05) is 0 Å². The Morgan fingerprint density at radius 1 is 1.00 bits per heavy atom. The van der Waals surface area contributed by atoms with Gasteiger partial charge in [-0.25, -0.2) is 0 Å². The van der Waals surface area contributed by atoms with Gasteiger partial charge in [-0.15, -0.1) is 0 Å². The number of rotatable bonds is 2. The van der Waals surface area contributed by atoms with Crippen molar-refractivity contribution in [3.8, 4) is 0 Å². The van der Waals surface area contributed by atoms with Crippen LogP contribution in [0, 0.1) is 23.7 Å². The Morgan fingerprint density at radius 3 is 2.47 bits per heavy atom. The summed E-state index contributed by atoms with van der Waals surface area (Å²) >= 11 is 0. The maximum Gasteiger partial charge on any atom is -0.0133 e. The first-order valence-electron chi connectivity index (χ1n) is 6.73. The van der Waals surface area contributed by atoms with Crippen LogP contribution in [0.2, 0.25) is 0 Å². The highest BCUT2D eigenvalue weighted by Crippen LogP contribution is 2.45. The summed E-state index contributed by atoms with van der Waals surface area (Å²) in [6, 6.07) is 10.9. The summed E-state index contributed by atoms with van der Waals surface area (Å²) in [4.78, 5) is 0. The number of hydrogen-bond acceptors (Lipinski definition) is 0. The molecule has 0 N–H and O–H groups in total. The summed E-state index contributed by atoms with van der Waals surface area (Å²) in [5, 5.41) is 0. The average Bonchev–Trinajstić information content (AvgIpc) is 2.69. The summed E-state index contributed by atoms with van der Waals surface area (Å²) in [6.45, 7) is 2.41. The molecule has 4 unspecified atom stereocenters. The van der Waals surface area contributed by atoms with E-state index < -0.39 is 0 Å². The highest BCUT2D eigenvalue weighted by Gasteiger charge is 2.38. The normalized spacial score (nSPS) is 34.9. The Kier molecular flexibility index (Phi) is 2.88.